The van der Waals surface area contributed by atoms with Gasteiger partial charge in [0.25, 0.3) is 0 Å². The Morgan fingerprint density at radius 3 is 2.44 bits per heavy atom. The van der Waals surface area contributed by atoms with Gasteiger partial charge >= 0.3 is 11.9 Å². The van der Waals surface area contributed by atoms with Crippen LogP contribution in [0.3, 0.4) is 0 Å². The molecule has 2 aromatic rings. The second-order valence-electron chi connectivity index (χ2n) is 8.29. The standard InChI is InChI=1S/C26H32N2O4/c1-2-18-5-11-23(12-6-18)32-26(30)20-8-3-19(4-9-20)7-14-25(29)31-16-15-21-17-22(27)10-13-24(21)28/h3-4,7-10,13-14,17-18,23H,2,5-6,11-12,15-16,27-28H2,1H3. The minimum absolute atomic E-state index is 0.0160. The third-order valence-electron chi connectivity index (χ3n) is 5.99. The van der Waals surface area contributed by atoms with Gasteiger partial charge in [-0.1, -0.05) is 25.5 Å². The molecular formula is C26H32N2O4. The summed E-state index contributed by atoms with van der Waals surface area (Å²) in [5.41, 5.74) is 15.1. The van der Waals surface area contributed by atoms with E-state index in [2.05, 4.69) is 6.92 Å². The zero-order valence-electron chi connectivity index (χ0n) is 18.6. The molecular weight excluding hydrogens is 404 g/mol. The number of benzene rings is 2. The van der Waals surface area contributed by atoms with Crippen LogP contribution in [0.5, 0.6) is 0 Å². The summed E-state index contributed by atoms with van der Waals surface area (Å²) >= 11 is 0. The summed E-state index contributed by atoms with van der Waals surface area (Å²) < 4.78 is 10.9. The lowest BCUT2D eigenvalue weighted by molar-refractivity contribution is -0.137. The first kappa shape index (κ1) is 23.4. The average molecular weight is 437 g/mol. The van der Waals surface area contributed by atoms with E-state index in [1.54, 1.807) is 48.5 Å². The highest BCUT2D eigenvalue weighted by Crippen LogP contribution is 2.28. The van der Waals surface area contributed by atoms with Gasteiger partial charge in [-0.25, -0.2) is 9.59 Å². The predicted molar refractivity (Wildman–Crippen MR) is 127 cm³/mol. The van der Waals surface area contributed by atoms with Gasteiger partial charge in [-0.15, -0.1) is 0 Å². The highest BCUT2D eigenvalue weighted by atomic mass is 16.5. The molecule has 0 bridgehead atoms. The van der Waals surface area contributed by atoms with E-state index in [0.717, 1.165) is 42.7 Å². The molecule has 0 spiro atoms. The van der Waals surface area contributed by atoms with Crippen molar-refractivity contribution in [2.24, 2.45) is 5.92 Å². The van der Waals surface area contributed by atoms with Crippen LogP contribution in [-0.4, -0.2) is 24.6 Å². The maximum atomic E-state index is 12.4. The van der Waals surface area contributed by atoms with E-state index in [-0.39, 0.29) is 18.7 Å². The van der Waals surface area contributed by atoms with Crippen molar-refractivity contribution in [3.63, 3.8) is 0 Å². The van der Waals surface area contributed by atoms with Gasteiger partial charge in [0, 0.05) is 23.9 Å². The van der Waals surface area contributed by atoms with Crippen molar-refractivity contribution < 1.29 is 19.1 Å². The van der Waals surface area contributed by atoms with Gasteiger partial charge in [-0.05, 0) is 79.1 Å². The fraction of sp³-hybridized carbons (Fsp3) is 0.385. The summed E-state index contributed by atoms with van der Waals surface area (Å²) in [6.07, 6.45) is 8.85. The molecule has 170 valence electrons. The van der Waals surface area contributed by atoms with Crippen LogP contribution in [0.15, 0.2) is 48.5 Å². The SMILES string of the molecule is CCC1CCC(OC(=O)c2ccc(C=CC(=O)OCCc3cc(N)ccc3N)cc2)CC1. The molecule has 1 fully saturated rings. The highest BCUT2D eigenvalue weighted by molar-refractivity contribution is 5.90. The van der Waals surface area contributed by atoms with Crippen LogP contribution in [-0.2, 0) is 20.7 Å². The van der Waals surface area contributed by atoms with Gasteiger partial charge in [0.2, 0.25) is 0 Å². The zero-order chi connectivity index (χ0) is 22.9. The number of hydrogen-bond acceptors (Lipinski definition) is 6. The van der Waals surface area contributed by atoms with Crippen LogP contribution < -0.4 is 11.5 Å². The molecule has 4 N–H and O–H groups in total. The highest BCUT2D eigenvalue weighted by Gasteiger charge is 2.23. The van der Waals surface area contributed by atoms with Gasteiger partial charge in [0.05, 0.1) is 12.2 Å². The van der Waals surface area contributed by atoms with Crippen molar-refractivity contribution in [2.75, 3.05) is 18.1 Å². The van der Waals surface area contributed by atoms with Crippen LogP contribution >= 0.6 is 0 Å². The van der Waals surface area contributed by atoms with Gasteiger partial charge < -0.3 is 20.9 Å². The number of rotatable bonds is 8. The molecule has 0 atom stereocenters. The summed E-state index contributed by atoms with van der Waals surface area (Å²) in [6, 6.07) is 12.2. The van der Waals surface area contributed by atoms with E-state index in [1.807, 2.05) is 0 Å². The fourth-order valence-corrected chi connectivity index (χ4v) is 3.92. The molecule has 3 rings (SSSR count). The fourth-order valence-electron chi connectivity index (χ4n) is 3.92. The van der Waals surface area contributed by atoms with E-state index in [1.165, 1.54) is 12.5 Å². The summed E-state index contributed by atoms with van der Waals surface area (Å²) in [4.78, 5) is 24.4. The van der Waals surface area contributed by atoms with Crippen molar-refractivity contribution in [3.8, 4) is 0 Å². The lowest BCUT2D eigenvalue weighted by Crippen LogP contribution is -2.24. The van der Waals surface area contributed by atoms with E-state index < -0.39 is 5.97 Å². The molecule has 6 nitrogen and oxygen atoms in total. The third-order valence-corrected chi connectivity index (χ3v) is 5.99. The number of nitrogen functional groups attached to an aromatic ring is 2. The Hall–Kier alpha value is -3.28. The normalized spacial score (nSPS) is 18.4. The third kappa shape index (κ3) is 6.87. The molecule has 0 radical (unpaired) electrons. The van der Waals surface area contributed by atoms with Gasteiger partial charge in [-0.3, -0.25) is 0 Å². The number of carbonyl (C=O) groups excluding carboxylic acids is 2. The number of nitrogens with two attached hydrogens (primary N) is 2. The Kier molecular flexibility index (Phi) is 8.31. The van der Waals surface area contributed by atoms with E-state index in [4.69, 9.17) is 20.9 Å². The number of carbonyl (C=O) groups is 2. The van der Waals surface area contributed by atoms with Crippen LogP contribution in [0.25, 0.3) is 6.08 Å². The average Bonchev–Trinajstić information content (AvgIpc) is 2.80. The molecule has 6 heteroatoms. The summed E-state index contributed by atoms with van der Waals surface area (Å²) in [6.45, 7) is 2.42. The Labute approximate surface area is 189 Å². The quantitative estimate of drug-likeness (QED) is 0.351. The molecule has 0 amide bonds. The first-order chi connectivity index (χ1) is 15.4. The summed E-state index contributed by atoms with van der Waals surface area (Å²) in [5.74, 6) is 0.0253. The van der Waals surface area contributed by atoms with E-state index in [9.17, 15) is 9.59 Å². The number of anilines is 2. The van der Waals surface area contributed by atoms with Gasteiger partial charge in [-0.2, -0.15) is 0 Å². The van der Waals surface area contributed by atoms with Gasteiger partial charge in [0.1, 0.15) is 6.10 Å². The predicted octanol–water partition coefficient (Wildman–Crippen LogP) is 4.78. The molecule has 0 aromatic heterocycles. The summed E-state index contributed by atoms with van der Waals surface area (Å²) in [7, 11) is 0. The monoisotopic (exact) mass is 436 g/mol. The van der Waals surface area contributed by atoms with E-state index >= 15 is 0 Å². The van der Waals surface area contributed by atoms with Crippen molar-refractivity contribution in [3.05, 3.63) is 65.2 Å². The van der Waals surface area contributed by atoms with Crippen molar-refractivity contribution in [1.29, 1.82) is 0 Å². The molecule has 2 aromatic carbocycles. The topological polar surface area (TPSA) is 105 Å². The largest absolute Gasteiger partial charge is 0.462 e. The minimum Gasteiger partial charge on any atom is -0.462 e. The van der Waals surface area contributed by atoms with Crippen molar-refractivity contribution in [1.82, 2.24) is 0 Å². The van der Waals surface area contributed by atoms with Crippen molar-refractivity contribution in [2.45, 2.75) is 51.6 Å². The first-order valence-corrected chi connectivity index (χ1v) is 11.2. The maximum absolute atomic E-state index is 12.4. The summed E-state index contributed by atoms with van der Waals surface area (Å²) in [5, 5.41) is 0. The van der Waals surface area contributed by atoms with Crippen LogP contribution in [0.2, 0.25) is 0 Å². The second-order valence-corrected chi connectivity index (χ2v) is 8.29. The molecule has 0 heterocycles. The Balaban J connectivity index is 1.43. The Morgan fingerprint density at radius 2 is 1.75 bits per heavy atom. The number of hydrogen-bond donors (Lipinski definition) is 2. The molecule has 1 aliphatic rings. The molecule has 32 heavy (non-hydrogen) atoms. The molecule has 0 aliphatic heterocycles. The lowest BCUT2D eigenvalue weighted by Gasteiger charge is -2.27. The number of esters is 2. The Bertz CT molecular complexity index is 945. The Morgan fingerprint density at radius 1 is 1.03 bits per heavy atom. The van der Waals surface area contributed by atoms with Crippen molar-refractivity contribution >= 4 is 29.4 Å². The van der Waals surface area contributed by atoms with Crippen LogP contribution in [0.4, 0.5) is 11.4 Å². The zero-order valence-corrected chi connectivity index (χ0v) is 18.6. The maximum Gasteiger partial charge on any atom is 0.338 e. The second kappa shape index (κ2) is 11.4. The lowest BCUT2D eigenvalue weighted by atomic mass is 9.86. The van der Waals surface area contributed by atoms with Crippen LogP contribution in [0.1, 0.15) is 60.5 Å². The van der Waals surface area contributed by atoms with Gasteiger partial charge in [0.15, 0.2) is 0 Å². The number of ether oxygens (including phenoxy) is 2. The molecule has 0 unspecified atom stereocenters. The van der Waals surface area contributed by atoms with E-state index in [0.29, 0.717) is 23.4 Å². The van der Waals surface area contributed by atoms with Crippen LogP contribution in [0, 0.1) is 5.92 Å². The molecule has 1 aliphatic carbocycles. The molecule has 1 saturated carbocycles. The smallest absolute Gasteiger partial charge is 0.338 e. The molecule has 0 saturated heterocycles. The minimum atomic E-state index is -0.446. The first-order valence-electron chi connectivity index (χ1n) is 11.2.